The molecule has 40 heavy (non-hydrogen) atoms. The van der Waals surface area contributed by atoms with Crippen LogP contribution in [0.1, 0.15) is 34.7 Å². The summed E-state index contributed by atoms with van der Waals surface area (Å²) < 4.78 is 0. The van der Waals surface area contributed by atoms with Gasteiger partial charge in [0.25, 0.3) is 11.8 Å². The van der Waals surface area contributed by atoms with Crippen molar-refractivity contribution < 1.29 is 34.2 Å². The Hall–Kier alpha value is -3.21. The zero-order chi connectivity index (χ0) is 28.7. The number of likely N-dealkylation sites (tertiary alicyclic amines) is 1. The number of carboxylic acids is 1. The minimum absolute atomic E-state index is 0.0787. The Morgan fingerprint density at radius 3 is 2.40 bits per heavy atom. The van der Waals surface area contributed by atoms with Crippen LogP contribution in [0.2, 0.25) is 0 Å². The molecule has 9 nitrogen and oxygen atoms in total. The van der Waals surface area contributed by atoms with Crippen LogP contribution in [0.3, 0.4) is 0 Å². The van der Waals surface area contributed by atoms with Gasteiger partial charge in [-0.15, -0.1) is 23.2 Å². The number of amides is 4. The van der Waals surface area contributed by atoms with Gasteiger partial charge in [0, 0.05) is 5.92 Å². The number of phenols is 1. The molecule has 12 heteroatoms. The Balaban J connectivity index is 1.50. The van der Waals surface area contributed by atoms with Crippen LogP contribution in [0.25, 0.3) is 0 Å². The SMILES string of the molecule is O=C(O)c1cccc(N2C(=O)C3CC=C4C(CC5(Cl)C(=O)N(CBr)C(=O)C5(Cl)C4c4cccc(O)c4)C3C2=O)c1. The Kier molecular flexibility index (Phi) is 6.18. The first-order valence-electron chi connectivity index (χ1n) is 12.5. The molecule has 3 fully saturated rings. The maximum Gasteiger partial charge on any atom is 0.335 e. The number of nitrogens with zero attached hydrogens (tertiary/aromatic N) is 2. The van der Waals surface area contributed by atoms with Gasteiger partial charge in [0.15, 0.2) is 9.75 Å². The summed E-state index contributed by atoms with van der Waals surface area (Å²) in [6.07, 6.45) is 1.78. The number of fused-ring (bicyclic) bond motifs is 4. The first kappa shape index (κ1) is 27.0. The molecule has 4 amide bonds. The molecule has 6 atom stereocenters. The van der Waals surface area contributed by atoms with Crippen LogP contribution in [-0.2, 0) is 19.2 Å². The molecule has 2 N–H and O–H groups in total. The number of hydrogen-bond acceptors (Lipinski definition) is 6. The van der Waals surface area contributed by atoms with E-state index in [1.807, 2.05) is 0 Å². The van der Waals surface area contributed by atoms with E-state index in [0.29, 0.717) is 11.1 Å². The summed E-state index contributed by atoms with van der Waals surface area (Å²) in [6.45, 7) is 0. The van der Waals surface area contributed by atoms with Crippen LogP contribution in [0.15, 0.2) is 60.2 Å². The maximum atomic E-state index is 14.0. The van der Waals surface area contributed by atoms with Crippen LogP contribution in [0, 0.1) is 17.8 Å². The number of allylic oxidation sites excluding steroid dienone is 2. The number of hydrogen-bond donors (Lipinski definition) is 2. The van der Waals surface area contributed by atoms with E-state index in [-0.39, 0.29) is 35.3 Å². The summed E-state index contributed by atoms with van der Waals surface area (Å²) in [5, 5.41) is 19.7. The Bertz CT molecular complexity index is 1560. The first-order valence-corrected chi connectivity index (χ1v) is 14.3. The first-order chi connectivity index (χ1) is 19.0. The number of benzene rings is 2. The lowest BCUT2D eigenvalue weighted by molar-refractivity contribution is -0.138. The van der Waals surface area contributed by atoms with Gasteiger partial charge in [0.2, 0.25) is 11.8 Å². The number of halogens is 3. The second-order valence-corrected chi connectivity index (χ2v) is 12.2. The number of aromatic hydroxyl groups is 1. The van der Waals surface area contributed by atoms with E-state index in [1.54, 1.807) is 18.2 Å². The van der Waals surface area contributed by atoms with E-state index in [0.717, 1.165) is 9.80 Å². The predicted molar refractivity (Wildman–Crippen MR) is 147 cm³/mol. The lowest BCUT2D eigenvalue weighted by atomic mass is 9.56. The minimum Gasteiger partial charge on any atom is -0.508 e. The molecule has 2 aromatic rings. The highest BCUT2D eigenvalue weighted by Gasteiger charge is 2.76. The number of anilines is 1. The van der Waals surface area contributed by atoms with Gasteiger partial charge in [-0.1, -0.05) is 45.8 Å². The average Bonchev–Trinajstić information content (AvgIpc) is 3.26. The van der Waals surface area contributed by atoms with E-state index < -0.39 is 63.0 Å². The quantitative estimate of drug-likeness (QED) is 0.222. The molecule has 2 heterocycles. The summed E-state index contributed by atoms with van der Waals surface area (Å²) in [6, 6.07) is 11.7. The molecule has 0 radical (unpaired) electrons. The molecule has 206 valence electrons. The van der Waals surface area contributed by atoms with E-state index in [2.05, 4.69) is 15.9 Å². The van der Waals surface area contributed by atoms with Crippen molar-refractivity contribution in [3.63, 3.8) is 0 Å². The molecule has 2 aliphatic heterocycles. The molecule has 2 aliphatic carbocycles. The topological polar surface area (TPSA) is 132 Å². The summed E-state index contributed by atoms with van der Waals surface area (Å²) in [7, 11) is 0. The fourth-order valence-electron chi connectivity index (χ4n) is 6.86. The van der Waals surface area contributed by atoms with Gasteiger partial charge in [0.1, 0.15) is 5.75 Å². The van der Waals surface area contributed by atoms with Gasteiger partial charge in [-0.2, -0.15) is 0 Å². The van der Waals surface area contributed by atoms with E-state index in [9.17, 15) is 34.2 Å². The van der Waals surface area contributed by atoms with Gasteiger partial charge in [0.05, 0.1) is 28.5 Å². The molecule has 0 bridgehead atoms. The van der Waals surface area contributed by atoms with Crippen molar-refractivity contribution in [2.75, 3.05) is 10.4 Å². The fraction of sp³-hybridized carbons (Fsp3) is 0.321. The van der Waals surface area contributed by atoms with Crippen molar-refractivity contribution in [1.82, 2.24) is 4.90 Å². The molecule has 0 spiro atoms. The molecule has 4 aliphatic rings. The van der Waals surface area contributed by atoms with Crippen molar-refractivity contribution in [2.24, 2.45) is 17.8 Å². The predicted octanol–water partition coefficient (Wildman–Crippen LogP) is 4.01. The van der Waals surface area contributed by atoms with Gasteiger partial charge >= 0.3 is 5.97 Å². The zero-order valence-electron chi connectivity index (χ0n) is 20.6. The van der Waals surface area contributed by atoms with Crippen LogP contribution in [-0.4, -0.2) is 59.9 Å². The van der Waals surface area contributed by atoms with E-state index in [1.165, 1.54) is 36.4 Å². The lowest BCUT2D eigenvalue weighted by Crippen LogP contribution is -2.60. The summed E-state index contributed by atoms with van der Waals surface area (Å²) in [5.74, 6) is -7.12. The number of aromatic carboxylic acids is 1. The Morgan fingerprint density at radius 2 is 1.73 bits per heavy atom. The van der Waals surface area contributed by atoms with Gasteiger partial charge in [-0.05, 0) is 54.7 Å². The van der Waals surface area contributed by atoms with Crippen molar-refractivity contribution >= 4 is 74.4 Å². The van der Waals surface area contributed by atoms with E-state index >= 15 is 0 Å². The number of carbonyl (C=O) groups is 5. The largest absolute Gasteiger partial charge is 0.508 e. The second kappa shape index (κ2) is 9.15. The van der Waals surface area contributed by atoms with Crippen molar-refractivity contribution in [2.45, 2.75) is 28.5 Å². The van der Waals surface area contributed by atoms with Crippen molar-refractivity contribution in [3.8, 4) is 5.75 Å². The Labute approximate surface area is 246 Å². The van der Waals surface area contributed by atoms with Crippen LogP contribution >= 0.6 is 39.1 Å². The van der Waals surface area contributed by atoms with Gasteiger partial charge in [-0.3, -0.25) is 29.0 Å². The number of carbonyl (C=O) groups excluding carboxylic acids is 4. The molecular weight excluding hydrogens is 627 g/mol. The third-order valence-corrected chi connectivity index (χ3v) is 10.5. The third kappa shape index (κ3) is 3.42. The molecule has 2 aromatic carbocycles. The summed E-state index contributed by atoms with van der Waals surface area (Å²) in [4.78, 5) is 64.5. The molecule has 2 saturated heterocycles. The summed E-state index contributed by atoms with van der Waals surface area (Å²) >= 11 is 17.5. The standard InChI is InChI=1S/C28H21BrCl2N2O7/c29-12-32-25(39)27(30)11-19-17(21(28(27,31)26(32)40)13-3-2-6-16(34)10-13)7-8-18-20(19)23(36)33(22(18)35)15-5-1-4-14(9-15)24(37)38/h1-7,9-10,18-21,34H,8,11-12H2,(H,37,38). The zero-order valence-corrected chi connectivity index (χ0v) is 23.7. The second-order valence-electron chi connectivity index (χ2n) is 10.4. The maximum absolute atomic E-state index is 14.0. The van der Waals surface area contributed by atoms with Crippen molar-refractivity contribution in [1.29, 1.82) is 0 Å². The fourth-order valence-corrected chi connectivity index (χ4v) is 8.29. The lowest BCUT2D eigenvalue weighted by Gasteiger charge is -2.50. The number of carboxylic acid groups (broad SMARTS) is 1. The number of rotatable bonds is 4. The molecule has 1 saturated carbocycles. The van der Waals surface area contributed by atoms with Crippen LogP contribution in [0.4, 0.5) is 5.69 Å². The van der Waals surface area contributed by atoms with Crippen molar-refractivity contribution in [3.05, 3.63) is 71.3 Å². The van der Waals surface area contributed by atoms with Crippen LogP contribution in [0.5, 0.6) is 5.75 Å². The molecular formula is C28H21BrCl2N2O7. The third-order valence-electron chi connectivity index (χ3n) is 8.57. The van der Waals surface area contributed by atoms with Gasteiger partial charge < -0.3 is 10.2 Å². The summed E-state index contributed by atoms with van der Waals surface area (Å²) in [5.41, 5.74) is 0.954. The number of imide groups is 2. The highest BCUT2D eigenvalue weighted by Crippen LogP contribution is 2.65. The highest BCUT2D eigenvalue weighted by atomic mass is 79.9. The Morgan fingerprint density at radius 1 is 1.00 bits per heavy atom. The number of alkyl halides is 3. The van der Waals surface area contributed by atoms with E-state index in [4.69, 9.17) is 23.2 Å². The normalized spacial score (nSPS) is 33.0. The minimum atomic E-state index is -1.95. The van der Waals surface area contributed by atoms with Crippen LogP contribution < -0.4 is 4.90 Å². The molecule has 6 rings (SSSR count). The molecule has 6 unspecified atom stereocenters. The number of phenolic OH excluding ortho intramolecular Hbond substituents is 1. The molecule has 0 aromatic heterocycles. The smallest absolute Gasteiger partial charge is 0.335 e. The average molecular weight is 648 g/mol. The van der Waals surface area contributed by atoms with Gasteiger partial charge in [-0.25, -0.2) is 4.79 Å². The highest BCUT2D eigenvalue weighted by molar-refractivity contribution is 9.09. The monoisotopic (exact) mass is 646 g/mol.